The molecule has 0 aliphatic carbocycles. The minimum atomic E-state index is -4.77. The predicted octanol–water partition coefficient (Wildman–Crippen LogP) is 2.06. The van der Waals surface area contributed by atoms with E-state index in [1.165, 1.54) is 11.5 Å². The molecule has 5 nitrogen and oxygen atoms in total. The molecule has 1 N–H and O–H groups in total. The fraction of sp³-hybridized carbons (Fsp3) is 0.727. The summed E-state index contributed by atoms with van der Waals surface area (Å²) in [5.74, 6) is -0.789. The highest BCUT2D eigenvalue weighted by Crippen LogP contribution is 2.24. The van der Waals surface area contributed by atoms with Crippen LogP contribution in [-0.2, 0) is 4.79 Å². The molecule has 0 atom stereocenters. The van der Waals surface area contributed by atoms with E-state index in [1.807, 2.05) is 0 Å². The van der Waals surface area contributed by atoms with Crippen LogP contribution in [0.3, 0.4) is 0 Å². The van der Waals surface area contributed by atoms with Gasteiger partial charge in [-0.2, -0.15) is 17.5 Å². The molecular formula is C11H15F3N4OS. The number of aryl methyl sites for hydroxylation is 1. The summed E-state index contributed by atoms with van der Waals surface area (Å²) in [6.07, 6.45) is -3.64. The van der Waals surface area contributed by atoms with Crippen molar-refractivity contribution < 1.29 is 18.0 Å². The average molecular weight is 308 g/mol. The van der Waals surface area contributed by atoms with E-state index >= 15 is 0 Å². The maximum absolute atomic E-state index is 12.3. The highest BCUT2D eigenvalue weighted by atomic mass is 32.1. The van der Waals surface area contributed by atoms with Crippen LogP contribution in [0.2, 0.25) is 0 Å². The lowest BCUT2D eigenvalue weighted by Gasteiger charge is -2.32. The maximum Gasteiger partial charge on any atom is 0.471 e. The van der Waals surface area contributed by atoms with Crippen LogP contribution in [0.4, 0.5) is 18.3 Å². The van der Waals surface area contributed by atoms with Crippen molar-refractivity contribution in [2.75, 3.05) is 25.0 Å². The third-order valence-corrected chi connectivity index (χ3v) is 3.98. The monoisotopic (exact) mass is 308 g/mol. The maximum atomic E-state index is 12.3. The van der Waals surface area contributed by atoms with Gasteiger partial charge in [-0.15, -0.1) is 0 Å². The first kappa shape index (κ1) is 15.0. The zero-order valence-corrected chi connectivity index (χ0v) is 11.7. The largest absolute Gasteiger partial charge is 0.471 e. The summed E-state index contributed by atoms with van der Waals surface area (Å²) in [5.41, 5.74) is 0. The van der Waals surface area contributed by atoms with Gasteiger partial charge in [0.25, 0.3) is 0 Å². The zero-order valence-electron chi connectivity index (χ0n) is 10.9. The summed E-state index contributed by atoms with van der Waals surface area (Å²) < 4.78 is 40.9. The van der Waals surface area contributed by atoms with Crippen molar-refractivity contribution in [3.05, 3.63) is 5.82 Å². The minimum absolute atomic E-state index is 0.153. The molecule has 1 aliphatic rings. The fourth-order valence-corrected chi connectivity index (χ4v) is 2.70. The normalized spacial score (nSPS) is 17.3. The second-order valence-corrected chi connectivity index (χ2v) is 5.51. The number of anilines is 1. The molecule has 0 bridgehead atoms. The number of carbonyl (C=O) groups is 1. The molecule has 0 unspecified atom stereocenters. The van der Waals surface area contributed by atoms with Crippen LogP contribution in [0.5, 0.6) is 0 Å². The number of carbonyl (C=O) groups excluding carboxylic acids is 1. The summed E-state index contributed by atoms with van der Waals surface area (Å²) in [6.45, 7) is 2.74. The molecule has 9 heteroatoms. The highest BCUT2D eigenvalue weighted by molar-refractivity contribution is 7.09. The van der Waals surface area contributed by atoms with Gasteiger partial charge < -0.3 is 10.2 Å². The van der Waals surface area contributed by atoms with Gasteiger partial charge in [0.05, 0.1) is 0 Å². The molecule has 1 aromatic heterocycles. The molecule has 0 spiro atoms. The minimum Gasteiger partial charge on any atom is -0.360 e. The van der Waals surface area contributed by atoms with Crippen LogP contribution in [0.25, 0.3) is 0 Å². The molecule has 0 radical (unpaired) electrons. The Bertz CT molecular complexity index is 468. The molecule has 20 heavy (non-hydrogen) atoms. The Morgan fingerprint density at radius 3 is 2.60 bits per heavy atom. The molecule has 1 fully saturated rings. The van der Waals surface area contributed by atoms with Crippen molar-refractivity contribution in [3.8, 4) is 0 Å². The van der Waals surface area contributed by atoms with Crippen LogP contribution in [0.1, 0.15) is 18.7 Å². The van der Waals surface area contributed by atoms with E-state index < -0.39 is 12.1 Å². The molecule has 0 saturated carbocycles. The Kier molecular flexibility index (Phi) is 4.46. The number of rotatable bonds is 3. The predicted molar refractivity (Wildman–Crippen MR) is 68.5 cm³/mol. The second-order valence-electron chi connectivity index (χ2n) is 4.76. The highest BCUT2D eigenvalue weighted by Gasteiger charge is 2.43. The van der Waals surface area contributed by atoms with Gasteiger partial charge in [-0.05, 0) is 25.7 Å². The number of likely N-dealkylation sites (tertiary alicyclic amines) is 1. The van der Waals surface area contributed by atoms with Gasteiger partial charge in [0.2, 0.25) is 5.13 Å². The van der Waals surface area contributed by atoms with Gasteiger partial charge in [0.15, 0.2) is 0 Å². The molecule has 112 valence electrons. The van der Waals surface area contributed by atoms with E-state index in [2.05, 4.69) is 14.7 Å². The van der Waals surface area contributed by atoms with Crippen LogP contribution < -0.4 is 5.32 Å². The van der Waals surface area contributed by atoms with Crippen molar-refractivity contribution in [2.24, 2.45) is 5.92 Å². The van der Waals surface area contributed by atoms with E-state index in [1.54, 1.807) is 6.92 Å². The molecule has 1 saturated heterocycles. The smallest absolute Gasteiger partial charge is 0.360 e. The van der Waals surface area contributed by atoms with Crippen molar-refractivity contribution >= 4 is 22.6 Å². The average Bonchev–Trinajstić information content (AvgIpc) is 2.81. The number of amides is 1. The molecular weight excluding hydrogens is 293 g/mol. The molecule has 1 amide bonds. The summed E-state index contributed by atoms with van der Waals surface area (Å²) in [4.78, 5) is 16.1. The zero-order chi connectivity index (χ0) is 14.8. The SMILES string of the molecule is Cc1nsc(NCC2CCN(C(=O)C(F)(F)F)CC2)n1. The molecule has 1 aromatic rings. The Morgan fingerprint density at radius 1 is 1.45 bits per heavy atom. The van der Waals surface area contributed by atoms with E-state index in [-0.39, 0.29) is 19.0 Å². The quantitative estimate of drug-likeness (QED) is 0.928. The summed E-state index contributed by atoms with van der Waals surface area (Å²) in [5, 5.41) is 3.85. The molecule has 2 rings (SSSR count). The number of hydrogen-bond acceptors (Lipinski definition) is 5. The Balaban J connectivity index is 1.76. The van der Waals surface area contributed by atoms with Gasteiger partial charge in [-0.3, -0.25) is 4.79 Å². The number of piperidine rings is 1. The molecule has 0 aromatic carbocycles. The van der Waals surface area contributed by atoms with E-state index in [0.29, 0.717) is 25.2 Å². The lowest BCUT2D eigenvalue weighted by atomic mass is 9.97. The second kappa shape index (κ2) is 5.94. The van der Waals surface area contributed by atoms with Crippen molar-refractivity contribution in [1.29, 1.82) is 0 Å². The molecule has 1 aliphatic heterocycles. The van der Waals surface area contributed by atoms with Crippen LogP contribution >= 0.6 is 11.5 Å². The molecule has 2 heterocycles. The van der Waals surface area contributed by atoms with Gasteiger partial charge >= 0.3 is 12.1 Å². The first-order chi connectivity index (χ1) is 9.36. The first-order valence-corrected chi connectivity index (χ1v) is 7.04. The van der Waals surface area contributed by atoms with Gasteiger partial charge in [-0.25, -0.2) is 4.98 Å². The summed E-state index contributed by atoms with van der Waals surface area (Å²) in [7, 11) is 0. The third kappa shape index (κ3) is 3.81. The summed E-state index contributed by atoms with van der Waals surface area (Å²) >= 11 is 1.26. The number of aromatic nitrogens is 2. The first-order valence-electron chi connectivity index (χ1n) is 6.26. The van der Waals surface area contributed by atoms with Crippen molar-refractivity contribution in [2.45, 2.75) is 25.9 Å². The van der Waals surface area contributed by atoms with Crippen LogP contribution in [0, 0.1) is 12.8 Å². The Morgan fingerprint density at radius 2 is 2.10 bits per heavy atom. The van der Waals surface area contributed by atoms with Gasteiger partial charge in [0.1, 0.15) is 5.82 Å². The van der Waals surface area contributed by atoms with Crippen molar-refractivity contribution in [1.82, 2.24) is 14.3 Å². The van der Waals surface area contributed by atoms with Crippen molar-refractivity contribution in [3.63, 3.8) is 0 Å². The lowest BCUT2D eigenvalue weighted by molar-refractivity contribution is -0.186. The third-order valence-electron chi connectivity index (χ3n) is 3.21. The number of nitrogens with zero attached hydrogens (tertiary/aromatic N) is 3. The standard InChI is InChI=1S/C11H15F3N4OS/c1-7-16-10(20-17-7)15-6-8-2-4-18(5-3-8)9(19)11(12,13)14/h8H,2-6H2,1H3,(H,15,16,17). The summed E-state index contributed by atoms with van der Waals surface area (Å²) in [6, 6.07) is 0. The number of alkyl halides is 3. The van der Waals surface area contributed by atoms with E-state index in [4.69, 9.17) is 0 Å². The van der Waals surface area contributed by atoms with Gasteiger partial charge in [0, 0.05) is 31.2 Å². The Labute approximate surface area is 118 Å². The Hall–Kier alpha value is -1.38. The number of halogens is 3. The van der Waals surface area contributed by atoms with E-state index in [9.17, 15) is 18.0 Å². The van der Waals surface area contributed by atoms with Gasteiger partial charge in [-0.1, -0.05) is 0 Å². The van der Waals surface area contributed by atoms with Crippen LogP contribution in [0.15, 0.2) is 0 Å². The van der Waals surface area contributed by atoms with E-state index in [0.717, 1.165) is 10.0 Å². The topological polar surface area (TPSA) is 58.1 Å². The lowest BCUT2D eigenvalue weighted by Crippen LogP contribution is -2.46. The number of nitrogens with one attached hydrogen (secondary N) is 1. The number of hydrogen-bond donors (Lipinski definition) is 1. The fourth-order valence-electron chi connectivity index (χ4n) is 2.12. The van der Waals surface area contributed by atoms with Crippen LogP contribution in [-0.4, -0.2) is 46.0 Å².